The average molecular weight is 492 g/mol. The van der Waals surface area contributed by atoms with E-state index in [1.54, 1.807) is 31.2 Å². The minimum atomic E-state index is -3.69. The van der Waals surface area contributed by atoms with E-state index in [9.17, 15) is 22.4 Å². The summed E-state index contributed by atoms with van der Waals surface area (Å²) in [4.78, 5) is 28.0. The maximum Gasteiger partial charge on any atom is 0.247 e. The van der Waals surface area contributed by atoms with Crippen molar-refractivity contribution in [3.8, 4) is 5.75 Å². The van der Waals surface area contributed by atoms with Crippen LogP contribution in [0.1, 0.15) is 31.9 Å². The zero-order chi connectivity index (χ0) is 24.9. The van der Waals surface area contributed by atoms with E-state index in [4.69, 9.17) is 4.74 Å². The van der Waals surface area contributed by atoms with Crippen molar-refractivity contribution in [3.05, 3.63) is 65.5 Å². The third-order valence-corrected chi connectivity index (χ3v) is 7.66. The first-order valence-corrected chi connectivity index (χ1v) is 12.7. The highest BCUT2D eigenvalue weighted by Crippen LogP contribution is 2.28. The molecule has 8 nitrogen and oxygen atoms in total. The summed E-state index contributed by atoms with van der Waals surface area (Å²) < 4.78 is 44.8. The van der Waals surface area contributed by atoms with Gasteiger partial charge in [0.15, 0.2) is 0 Å². The van der Waals surface area contributed by atoms with Crippen LogP contribution in [-0.2, 0) is 32.7 Å². The average Bonchev–Trinajstić information content (AvgIpc) is 2.82. The molecule has 0 bridgehead atoms. The van der Waals surface area contributed by atoms with Crippen LogP contribution in [0.2, 0.25) is 0 Å². The first kappa shape index (κ1) is 25.6. The molecule has 0 aliphatic carbocycles. The standard InChI is InChI=1S/C24H30FN3O5S/c1-4-33-21-12-8-19(9-13-21)15-28-22(29)16-27(34(31,32)5-2)17-24(28,3)23(30)26-14-18-6-10-20(25)11-7-18/h6-13H,4-5,14-17H2,1-3H3,(H,26,30)/t24-/m0/s1. The number of hydrogen-bond acceptors (Lipinski definition) is 5. The molecule has 10 heteroatoms. The normalized spacial score (nSPS) is 19.2. The van der Waals surface area contributed by atoms with Gasteiger partial charge in [0.2, 0.25) is 21.8 Å². The Kier molecular flexibility index (Phi) is 7.93. The van der Waals surface area contributed by atoms with Gasteiger partial charge in [-0.05, 0) is 56.2 Å². The van der Waals surface area contributed by atoms with E-state index in [0.717, 1.165) is 9.87 Å². The molecule has 184 valence electrons. The molecule has 1 fully saturated rings. The number of carbonyl (C=O) groups is 2. The third-order valence-electron chi connectivity index (χ3n) is 5.88. The number of benzene rings is 2. The zero-order valence-electron chi connectivity index (χ0n) is 19.6. The molecule has 1 aliphatic heterocycles. The predicted octanol–water partition coefficient (Wildman–Crippen LogP) is 2.29. The summed E-state index contributed by atoms with van der Waals surface area (Å²) >= 11 is 0. The number of amides is 2. The van der Waals surface area contributed by atoms with Gasteiger partial charge in [0.25, 0.3) is 0 Å². The van der Waals surface area contributed by atoms with E-state index in [2.05, 4.69) is 5.32 Å². The largest absolute Gasteiger partial charge is 0.494 e. The van der Waals surface area contributed by atoms with Gasteiger partial charge in [-0.25, -0.2) is 12.8 Å². The molecule has 2 aromatic carbocycles. The van der Waals surface area contributed by atoms with Gasteiger partial charge >= 0.3 is 0 Å². The summed E-state index contributed by atoms with van der Waals surface area (Å²) in [5.74, 6) is -0.825. The summed E-state index contributed by atoms with van der Waals surface area (Å²) in [5, 5.41) is 2.78. The van der Waals surface area contributed by atoms with Crippen LogP contribution in [0.5, 0.6) is 5.75 Å². The molecule has 0 unspecified atom stereocenters. The number of nitrogens with zero attached hydrogens (tertiary/aromatic N) is 2. The minimum Gasteiger partial charge on any atom is -0.494 e. The van der Waals surface area contributed by atoms with Gasteiger partial charge in [-0.1, -0.05) is 24.3 Å². The molecule has 1 N–H and O–H groups in total. The quantitative estimate of drug-likeness (QED) is 0.581. The second-order valence-corrected chi connectivity index (χ2v) is 10.6. The molecule has 1 atom stereocenters. The van der Waals surface area contributed by atoms with Crippen LogP contribution < -0.4 is 10.1 Å². The number of rotatable bonds is 9. The van der Waals surface area contributed by atoms with Crippen LogP contribution in [0.25, 0.3) is 0 Å². The monoisotopic (exact) mass is 491 g/mol. The Bertz CT molecular complexity index is 1120. The fourth-order valence-corrected chi connectivity index (χ4v) is 4.97. The lowest BCUT2D eigenvalue weighted by molar-refractivity contribution is -0.153. The highest BCUT2D eigenvalue weighted by atomic mass is 32.2. The van der Waals surface area contributed by atoms with Gasteiger partial charge in [-0.3, -0.25) is 9.59 Å². The molecule has 2 aromatic rings. The SMILES string of the molecule is CCOc1ccc(CN2C(=O)CN(S(=O)(=O)CC)C[C@@]2(C)C(=O)NCc2ccc(F)cc2)cc1. The van der Waals surface area contributed by atoms with Gasteiger partial charge < -0.3 is 15.0 Å². The number of hydrogen-bond donors (Lipinski definition) is 1. The van der Waals surface area contributed by atoms with Crippen LogP contribution in [0.15, 0.2) is 48.5 Å². The van der Waals surface area contributed by atoms with E-state index >= 15 is 0 Å². The maximum atomic E-state index is 13.4. The Morgan fingerprint density at radius 3 is 2.29 bits per heavy atom. The molecular formula is C24H30FN3O5S. The second-order valence-electron chi connectivity index (χ2n) is 8.31. The van der Waals surface area contributed by atoms with E-state index in [0.29, 0.717) is 17.9 Å². The van der Waals surface area contributed by atoms with Crippen molar-refractivity contribution in [1.82, 2.24) is 14.5 Å². The van der Waals surface area contributed by atoms with Gasteiger partial charge in [-0.15, -0.1) is 0 Å². The van der Waals surface area contributed by atoms with E-state index in [1.807, 2.05) is 19.1 Å². The summed E-state index contributed by atoms with van der Waals surface area (Å²) in [6, 6.07) is 12.9. The minimum absolute atomic E-state index is 0.111. The fourth-order valence-electron chi connectivity index (χ4n) is 3.85. The van der Waals surface area contributed by atoms with E-state index < -0.39 is 27.4 Å². The number of carbonyl (C=O) groups excluding carboxylic acids is 2. The highest BCUT2D eigenvalue weighted by molar-refractivity contribution is 7.89. The molecule has 0 aromatic heterocycles. The Labute approximate surface area is 199 Å². The summed E-state index contributed by atoms with van der Waals surface area (Å²) in [6.07, 6.45) is 0. The smallest absolute Gasteiger partial charge is 0.247 e. The van der Waals surface area contributed by atoms with E-state index in [-0.39, 0.29) is 37.7 Å². The van der Waals surface area contributed by atoms with Crippen LogP contribution in [-0.4, -0.2) is 60.4 Å². The molecule has 34 heavy (non-hydrogen) atoms. The molecular weight excluding hydrogens is 461 g/mol. The van der Waals surface area contributed by atoms with E-state index in [1.165, 1.54) is 24.0 Å². The number of nitrogens with one attached hydrogen (secondary N) is 1. The van der Waals surface area contributed by atoms with Crippen molar-refractivity contribution < 1.29 is 27.1 Å². The van der Waals surface area contributed by atoms with Gasteiger partial charge in [0, 0.05) is 19.6 Å². The molecule has 2 amide bonds. The maximum absolute atomic E-state index is 13.4. The molecule has 1 saturated heterocycles. The molecule has 1 aliphatic rings. The molecule has 3 rings (SSSR count). The Hall–Kier alpha value is -2.98. The number of ether oxygens (including phenoxy) is 1. The molecule has 0 radical (unpaired) electrons. The molecule has 1 heterocycles. The van der Waals surface area contributed by atoms with Gasteiger partial charge in [-0.2, -0.15) is 4.31 Å². The lowest BCUT2D eigenvalue weighted by Gasteiger charge is -2.46. The van der Waals surface area contributed by atoms with Crippen LogP contribution in [0.4, 0.5) is 4.39 Å². The van der Waals surface area contributed by atoms with Crippen molar-refractivity contribution in [2.75, 3.05) is 25.4 Å². The Morgan fingerprint density at radius 2 is 1.71 bits per heavy atom. The van der Waals surface area contributed by atoms with Crippen molar-refractivity contribution in [3.63, 3.8) is 0 Å². The second kappa shape index (κ2) is 10.5. The third kappa shape index (κ3) is 5.74. The summed E-state index contributed by atoms with van der Waals surface area (Å²) in [7, 11) is -3.69. The first-order valence-electron chi connectivity index (χ1n) is 11.1. The predicted molar refractivity (Wildman–Crippen MR) is 126 cm³/mol. The van der Waals surface area contributed by atoms with Crippen molar-refractivity contribution in [2.24, 2.45) is 0 Å². The number of sulfonamides is 1. The highest BCUT2D eigenvalue weighted by Gasteiger charge is 2.49. The van der Waals surface area contributed by atoms with Crippen LogP contribution in [0.3, 0.4) is 0 Å². The lowest BCUT2D eigenvalue weighted by Crippen LogP contribution is -2.69. The van der Waals surface area contributed by atoms with Gasteiger partial charge in [0.1, 0.15) is 17.1 Å². The zero-order valence-corrected chi connectivity index (χ0v) is 20.4. The summed E-state index contributed by atoms with van der Waals surface area (Å²) in [5.41, 5.74) is 0.00803. The first-order chi connectivity index (χ1) is 16.1. The lowest BCUT2D eigenvalue weighted by atomic mass is 9.94. The van der Waals surface area contributed by atoms with Crippen molar-refractivity contribution in [2.45, 2.75) is 39.4 Å². The van der Waals surface area contributed by atoms with Crippen molar-refractivity contribution >= 4 is 21.8 Å². The van der Waals surface area contributed by atoms with Crippen LogP contribution in [0, 0.1) is 5.82 Å². The van der Waals surface area contributed by atoms with Crippen molar-refractivity contribution in [1.29, 1.82) is 0 Å². The topological polar surface area (TPSA) is 96.0 Å². The molecule has 0 saturated carbocycles. The fraction of sp³-hybridized carbons (Fsp3) is 0.417. The summed E-state index contributed by atoms with van der Waals surface area (Å²) in [6.45, 7) is 5.22. The van der Waals surface area contributed by atoms with Crippen LogP contribution >= 0.6 is 0 Å². The Morgan fingerprint density at radius 1 is 1.09 bits per heavy atom. The number of halogens is 1. The number of piperazine rings is 1. The van der Waals surface area contributed by atoms with Gasteiger partial charge in [0.05, 0.1) is 18.9 Å². The Balaban J connectivity index is 1.87. The molecule has 0 spiro atoms.